The standard InChI is InChI=1S/C14H17N3O4S/c1-9-13(10(2)17(3)16-9)22(20,21)15-8-11-4-6-12(7-5-11)14(18)19/h4-7,15H,8H2,1-3H3,(H,18,19). The van der Waals surface area contributed by atoms with Crippen LogP contribution in [-0.4, -0.2) is 29.3 Å². The second-order valence-electron chi connectivity index (χ2n) is 4.95. The van der Waals surface area contributed by atoms with E-state index in [4.69, 9.17) is 5.11 Å². The molecule has 1 aromatic heterocycles. The van der Waals surface area contributed by atoms with Gasteiger partial charge in [-0.05, 0) is 31.5 Å². The maximum absolute atomic E-state index is 12.4. The van der Waals surface area contributed by atoms with Crippen LogP contribution in [0, 0.1) is 13.8 Å². The number of aryl methyl sites for hydroxylation is 2. The van der Waals surface area contributed by atoms with Crippen LogP contribution in [0.25, 0.3) is 0 Å². The largest absolute Gasteiger partial charge is 0.478 e. The minimum atomic E-state index is -3.68. The maximum atomic E-state index is 12.4. The Morgan fingerprint density at radius 3 is 2.32 bits per heavy atom. The summed E-state index contributed by atoms with van der Waals surface area (Å²) in [5.74, 6) is -1.02. The number of hydrogen-bond donors (Lipinski definition) is 2. The second kappa shape index (κ2) is 5.90. The van der Waals surface area contributed by atoms with Gasteiger partial charge in [0.25, 0.3) is 0 Å². The van der Waals surface area contributed by atoms with Gasteiger partial charge in [-0.3, -0.25) is 4.68 Å². The lowest BCUT2D eigenvalue weighted by Gasteiger charge is -2.07. The van der Waals surface area contributed by atoms with Gasteiger partial charge in [0.15, 0.2) is 0 Å². The lowest BCUT2D eigenvalue weighted by Crippen LogP contribution is -2.24. The molecule has 8 heteroatoms. The molecule has 0 aliphatic heterocycles. The van der Waals surface area contributed by atoms with E-state index in [-0.39, 0.29) is 17.0 Å². The van der Waals surface area contributed by atoms with Gasteiger partial charge in [0.2, 0.25) is 10.0 Å². The Morgan fingerprint density at radius 2 is 1.86 bits per heavy atom. The van der Waals surface area contributed by atoms with Gasteiger partial charge in [-0.15, -0.1) is 0 Å². The number of rotatable bonds is 5. The molecule has 0 aliphatic rings. The Morgan fingerprint density at radius 1 is 1.27 bits per heavy atom. The molecule has 0 saturated carbocycles. The molecular weight excluding hydrogens is 306 g/mol. The van der Waals surface area contributed by atoms with Crippen LogP contribution in [0.4, 0.5) is 0 Å². The molecule has 2 rings (SSSR count). The Kier molecular flexibility index (Phi) is 4.34. The minimum absolute atomic E-state index is 0.0794. The average Bonchev–Trinajstić information content (AvgIpc) is 2.71. The van der Waals surface area contributed by atoms with Crippen molar-refractivity contribution in [1.82, 2.24) is 14.5 Å². The number of benzene rings is 1. The highest BCUT2D eigenvalue weighted by Gasteiger charge is 2.23. The van der Waals surface area contributed by atoms with E-state index >= 15 is 0 Å². The monoisotopic (exact) mass is 323 g/mol. The van der Waals surface area contributed by atoms with Gasteiger partial charge < -0.3 is 5.11 Å². The van der Waals surface area contributed by atoms with E-state index < -0.39 is 16.0 Å². The van der Waals surface area contributed by atoms with Crippen molar-refractivity contribution in [1.29, 1.82) is 0 Å². The number of carbonyl (C=O) groups is 1. The molecule has 2 N–H and O–H groups in total. The molecule has 1 heterocycles. The Labute approximate surface area is 128 Å². The number of nitrogens with one attached hydrogen (secondary N) is 1. The van der Waals surface area contributed by atoms with Crippen LogP contribution in [-0.2, 0) is 23.6 Å². The van der Waals surface area contributed by atoms with Gasteiger partial charge in [-0.1, -0.05) is 12.1 Å². The first kappa shape index (κ1) is 16.2. The number of aromatic carboxylic acids is 1. The number of aromatic nitrogens is 2. The van der Waals surface area contributed by atoms with Crippen LogP contribution >= 0.6 is 0 Å². The molecule has 0 atom stereocenters. The van der Waals surface area contributed by atoms with Crippen LogP contribution in [0.15, 0.2) is 29.2 Å². The third-order valence-corrected chi connectivity index (χ3v) is 5.03. The lowest BCUT2D eigenvalue weighted by atomic mass is 10.1. The van der Waals surface area contributed by atoms with Gasteiger partial charge in [-0.2, -0.15) is 5.10 Å². The molecule has 0 radical (unpaired) electrons. The van der Waals surface area contributed by atoms with E-state index in [0.717, 1.165) is 0 Å². The SMILES string of the molecule is Cc1nn(C)c(C)c1S(=O)(=O)NCc1ccc(C(=O)O)cc1. The summed E-state index contributed by atoms with van der Waals surface area (Å²) in [7, 11) is -1.99. The summed E-state index contributed by atoms with van der Waals surface area (Å²) in [5, 5.41) is 12.9. The molecule has 0 bridgehead atoms. The van der Waals surface area contributed by atoms with Gasteiger partial charge in [0.05, 0.1) is 17.0 Å². The molecule has 0 fully saturated rings. The quantitative estimate of drug-likeness (QED) is 0.861. The number of carboxylic acid groups (broad SMARTS) is 1. The highest BCUT2D eigenvalue weighted by molar-refractivity contribution is 7.89. The van der Waals surface area contributed by atoms with E-state index in [2.05, 4.69) is 9.82 Å². The summed E-state index contributed by atoms with van der Waals surface area (Å²) < 4.78 is 28.8. The van der Waals surface area contributed by atoms with Gasteiger partial charge >= 0.3 is 5.97 Å². The van der Waals surface area contributed by atoms with Crippen molar-refractivity contribution >= 4 is 16.0 Å². The molecule has 0 aliphatic carbocycles. The zero-order valence-corrected chi connectivity index (χ0v) is 13.3. The molecule has 0 spiro atoms. The lowest BCUT2D eigenvalue weighted by molar-refractivity contribution is 0.0697. The summed E-state index contributed by atoms with van der Waals surface area (Å²) in [6.45, 7) is 3.41. The first-order valence-corrected chi connectivity index (χ1v) is 8.03. The summed E-state index contributed by atoms with van der Waals surface area (Å²) in [4.78, 5) is 10.9. The smallest absolute Gasteiger partial charge is 0.335 e. The first-order valence-electron chi connectivity index (χ1n) is 6.54. The minimum Gasteiger partial charge on any atom is -0.478 e. The van der Waals surface area contributed by atoms with Crippen molar-refractivity contribution in [2.75, 3.05) is 0 Å². The highest BCUT2D eigenvalue weighted by Crippen LogP contribution is 2.18. The third-order valence-electron chi connectivity index (χ3n) is 3.38. The fourth-order valence-corrected chi connectivity index (χ4v) is 3.61. The highest BCUT2D eigenvalue weighted by atomic mass is 32.2. The number of nitrogens with zero attached hydrogens (tertiary/aromatic N) is 2. The predicted molar refractivity (Wildman–Crippen MR) is 80.1 cm³/mol. The molecule has 0 unspecified atom stereocenters. The van der Waals surface area contributed by atoms with E-state index in [1.54, 1.807) is 33.0 Å². The fourth-order valence-electron chi connectivity index (χ4n) is 2.16. The Hall–Kier alpha value is -2.19. The van der Waals surface area contributed by atoms with Gasteiger partial charge in [0.1, 0.15) is 4.90 Å². The molecule has 1 aromatic carbocycles. The Balaban J connectivity index is 2.18. The van der Waals surface area contributed by atoms with Gasteiger partial charge in [0, 0.05) is 13.6 Å². The van der Waals surface area contributed by atoms with Crippen molar-refractivity contribution < 1.29 is 18.3 Å². The van der Waals surface area contributed by atoms with Crippen LogP contribution < -0.4 is 4.72 Å². The Bertz CT molecular complexity index is 807. The molecular formula is C14H17N3O4S. The molecule has 0 saturated heterocycles. The molecule has 0 amide bonds. The van der Waals surface area contributed by atoms with Crippen LogP contribution in [0.5, 0.6) is 0 Å². The fraction of sp³-hybridized carbons (Fsp3) is 0.286. The second-order valence-corrected chi connectivity index (χ2v) is 6.65. The summed E-state index contributed by atoms with van der Waals surface area (Å²) >= 11 is 0. The zero-order chi connectivity index (χ0) is 16.5. The van der Waals surface area contributed by atoms with Crippen molar-refractivity contribution in [3.8, 4) is 0 Å². The molecule has 118 valence electrons. The van der Waals surface area contributed by atoms with Crippen LogP contribution in [0.2, 0.25) is 0 Å². The van der Waals surface area contributed by atoms with Crippen LogP contribution in [0.3, 0.4) is 0 Å². The van der Waals surface area contributed by atoms with Gasteiger partial charge in [-0.25, -0.2) is 17.9 Å². The molecule has 7 nitrogen and oxygen atoms in total. The van der Waals surface area contributed by atoms with Crippen molar-refractivity contribution in [3.05, 3.63) is 46.8 Å². The topological polar surface area (TPSA) is 101 Å². The molecule has 2 aromatic rings. The zero-order valence-electron chi connectivity index (χ0n) is 12.5. The van der Waals surface area contributed by atoms with E-state index in [1.165, 1.54) is 16.8 Å². The normalized spacial score (nSPS) is 11.6. The summed E-state index contributed by atoms with van der Waals surface area (Å²) in [6.07, 6.45) is 0. The predicted octanol–water partition coefficient (Wildman–Crippen LogP) is 1.21. The summed E-state index contributed by atoms with van der Waals surface area (Å²) in [5.41, 5.74) is 1.83. The van der Waals surface area contributed by atoms with Crippen molar-refractivity contribution in [2.24, 2.45) is 7.05 Å². The number of sulfonamides is 1. The number of hydrogen-bond acceptors (Lipinski definition) is 4. The van der Waals surface area contributed by atoms with Crippen molar-refractivity contribution in [3.63, 3.8) is 0 Å². The van der Waals surface area contributed by atoms with Crippen LogP contribution in [0.1, 0.15) is 27.3 Å². The maximum Gasteiger partial charge on any atom is 0.335 e. The molecule has 22 heavy (non-hydrogen) atoms. The third kappa shape index (κ3) is 3.18. The van der Waals surface area contributed by atoms with Crippen molar-refractivity contribution in [2.45, 2.75) is 25.3 Å². The first-order chi connectivity index (χ1) is 10.2. The number of carboxylic acids is 1. The van der Waals surface area contributed by atoms with E-state index in [1.807, 2.05) is 0 Å². The van der Waals surface area contributed by atoms with E-state index in [9.17, 15) is 13.2 Å². The average molecular weight is 323 g/mol. The summed E-state index contributed by atoms with van der Waals surface area (Å²) in [6, 6.07) is 6.03. The van der Waals surface area contributed by atoms with E-state index in [0.29, 0.717) is 17.0 Å².